The quantitative estimate of drug-likeness (QED) is 0.681. The number of halogens is 1. The van der Waals surface area contributed by atoms with Gasteiger partial charge in [0.05, 0.1) is 16.8 Å². The fourth-order valence-corrected chi connectivity index (χ4v) is 3.43. The number of nitrogens with zero attached hydrogens (tertiary/aromatic N) is 1. The largest absolute Gasteiger partial charge is 0.377 e. The van der Waals surface area contributed by atoms with E-state index in [-0.39, 0.29) is 16.8 Å². The summed E-state index contributed by atoms with van der Waals surface area (Å²) >= 11 is 0. The van der Waals surface area contributed by atoms with Crippen molar-refractivity contribution in [2.75, 3.05) is 10.0 Å². The Morgan fingerprint density at radius 1 is 0.962 bits per heavy atom. The molecule has 26 heavy (non-hydrogen) atoms. The highest BCUT2D eigenvalue weighted by Crippen LogP contribution is 2.20. The minimum Gasteiger partial charge on any atom is -0.377 e. The van der Waals surface area contributed by atoms with Crippen molar-refractivity contribution < 1.29 is 12.8 Å². The van der Waals surface area contributed by atoms with Gasteiger partial charge in [0.2, 0.25) is 0 Å². The molecule has 0 radical (unpaired) electrons. The first-order valence-corrected chi connectivity index (χ1v) is 9.48. The molecule has 0 aliphatic rings. The van der Waals surface area contributed by atoms with Gasteiger partial charge in [-0.3, -0.25) is 4.72 Å². The highest BCUT2D eigenvalue weighted by Gasteiger charge is 2.15. The van der Waals surface area contributed by atoms with Crippen molar-refractivity contribution in [1.29, 1.82) is 0 Å². The van der Waals surface area contributed by atoms with Gasteiger partial charge in [-0.1, -0.05) is 30.3 Å². The standard InChI is InChI=1S/C19H18FN3O2S/c1-14(15-5-3-2-4-6-15)22-17-9-12-19(21-13-17)23-26(24,25)18-10-7-16(20)8-11-18/h2-14,22H,1H3,(H,21,23). The molecule has 1 heterocycles. The lowest BCUT2D eigenvalue weighted by atomic mass is 10.1. The Bertz CT molecular complexity index is 960. The van der Waals surface area contributed by atoms with Crippen LogP contribution in [0.25, 0.3) is 0 Å². The summed E-state index contributed by atoms with van der Waals surface area (Å²) < 4.78 is 39.9. The number of hydrogen-bond donors (Lipinski definition) is 2. The van der Waals surface area contributed by atoms with Crippen LogP contribution in [0.3, 0.4) is 0 Å². The summed E-state index contributed by atoms with van der Waals surface area (Å²) in [5, 5.41) is 3.30. The van der Waals surface area contributed by atoms with Crippen molar-refractivity contribution in [2.45, 2.75) is 17.9 Å². The topological polar surface area (TPSA) is 71.1 Å². The van der Waals surface area contributed by atoms with E-state index in [1.54, 1.807) is 18.3 Å². The van der Waals surface area contributed by atoms with Gasteiger partial charge in [-0.25, -0.2) is 17.8 Å². The van der Waals surface area contributed by atoms with Crippen molar-refractivity contribution in [2.24, 2.45) is 0 Å². The van der Waals surface area contributed by atoms with Gasteiger partial charge in [-0.05, 0) is 48.9 Å². The molecule has 0 saturated carbocycles. The lowest BCUT2D eigenvalue weighted by Crippen LogP contribution is -2.14. The Morgan fingerprint density at radius 3 is 2.27 bits per heavy atom. The average Bonchev–Trinajstić information content (AvgIpc) is 2.64. The fourth-order valence-electron chi connectivity index (χ4n) is 2.43. The molecule has 5 nitrogen and oxygen atoms in total. The lowest BCUT2D eigenvalue weighted by molar-refractivity contribution is 0.599. The Morgan fingerprint density at radius 2 is 1.65 bits per heavy atom. The molecular weight excluding hydrogens is 353 g/mol. The molecule has 1 atom stereocenters. The number of aromatic nitrogens is 1. The SMILES string of the molecule is CC(Nc1ccc(NS(=O)(=O)c2ccc(F)cc2)nc1)c1ccccc1. The molecule has 0 saturated heterocycles. The number of nitrogens with one attached hydrogen (secondary N) is 2. The molecule has 0 aliphatic carbocycles. The van der Waals surface area contributed by atoms with Crippen molar-refractivity contribution in [3.63, 3.8) is 0 Å². The first-order chi connectivity index (χ1) is 12.4. The fraction of sp³-hybridized carbons (Fsp3) is 0.105. The van der Waals surface area contributed by atoms with Crippen molar-refractivity contribution in [3.8, 4) is 0 Å². The smallest absolute Gasteiger partial charge is 0.263 e. The zero-order valence-corrected chi connectivity index (χ0v) is 14.9. The predicted octanol–water partition coefficient (Wildman–Crippen LogP) is 4.19. The third kappa shape index (κ3) is 4.37. The van der Waals surface area contributed by atoms with Crippen LogP contribution in [-0.4, -0.2) is 13.4 Å². The van der Waals surface area contributed by atoms with Crippen LogP contribution in [0.5, 0.6) is 0 Å². The van der Waals surface area contributed by atoms with Gasteiger partial charge in [-0.15, -0.1) is 0 Å². The van der Waals surface area contributed by atoms with Crippen LogP contribution < -0.4 is 10.0 Å². The van der Waals surface area contributed by atoms with E-state index in [2.05, 4.69) is 15.0 Å². The van der Waals surface area contributed by atoms with Crippen molar-refractivity contribution >= 4 is 21.5 Å². The molecule has 0 fully saturated rings. The Balaban J connectivity index is 1.68. The van der Waals surface area contributed by atoms with Crippen LogP contribution in [0.4, 0.5) is 15.9 Å². The normalized spacial score (nSPS) is 12.4. The van der Waals surface area contributed by atoms with Crippen molar-refractivity contribution in [3.05, 3.63) is 84.3 Å². The van der Waals surface area contributed by atoms with Crippen LogP contribution in [-0.2, 0) is 10.0 Å². The maximum atomic E-state index is 12.9. The van der Waals surface area contributed by atoms with E-state index in [4.69, 9.17) is 0 Å². The minimum atomic E-state index is -3.81. The van der Waals surface area contributed by atoms with Gasteiger partial charge in [0.1, 0.15) is 11.6 Å². The predicted molar refractivity (Wildman–Crippen MR) is 99.9 cm³/mol. The van der Waals surface area contributed by atoms with Gasteiger partial charge < -0.3 is 5.32 Å². The van der Waals surface area contributed by atoms with E-state index < -0.39 is 15.8 Å². The van der Waals surface area contributed by atoms with E-state index in [1.807, 2.05) is 37.3 Å². The third-order valence-corrected chi connectivity index (χ3v) is 5.18. The molecule has 2 aromatic carbocycles. The van der Waals surface area contributed by atoms with E-state index in [1.165, 1.54) is 12.1 Å². The molecule has 0 aliphatic heterocycles. The molecular formula is C19H18FN3O2S. The van der Waals surface area contributed by atoms with Crippen molar-refractivity contribution in [1.82, 2.24) is 4.98 Å². The van der Waals surface area contributed by atoms with Crippen LogP contribution in [0.15, 0.2) is 77.8 Å². The minimum absolute atomic E-state index is 0.0272. The Labute approximate surface area is 152 Å². The summed E-state index contributed by atoms with van der Waals surface area (Å²) in [5.41, 5.74) is 1.90. The van der Waals surface area contributed by atoms with Crippen LogP contribution in [0.1, 0.15) is 18.5 Å². The second-order valence-electron chi connectivity index (χ2n) is 5.77. The summed E-state index contributed by atoms with van der Waals surface area (Å²) in [6.07, 6.45) is 1.56. The molecule has 0 spiro atoms. The monoisotopic (exact) mass is 371 g/mol. The zero-order valence-electron chi connectivity index (χ0n) is 14.1. The molecule has 1 aromatic heterocycles. The van der Waals surface area contributed by atoms with Gasteiger partial charge in [0.25, 0.3) is 10.0 Å². The van der Waals surface area contributed by atoms with E-state index in [0.29, 0.717) is 0 Å². The molecule has 3 aromatic rings. The number of rotatable bonds is 6. The highest BCUT2D eigenvalue weighted by atomic mass is 32.2. The highest BCUT2D eigenvalue weighted by molar-refractivity contribution is 7.92. The lowest BCUT2D eigenvalue weighted by Gasteiger charge is -2.15. The number of benzene rings is 2. The molecule has 134 valence electrons. The molecule has 1 unspecified atom stereocenters. The van der Waals surface area contributed by atoms with Gasteiger partial charge in [-0.2, -0.15) is 0 Å². The van der Waals surface area contributed by atoms with Crippen LogP contribution >= 0.6 is 0 Å². The summed E-state index contributed by atoms with van der Waals surface area (Å²) in [6.45, 7) is 2.03. The Kier molecular flexibility index (Phi) is 5.18. The maximum Gasteiger partial charge on any atom is 0.263 e. The molecule has 2 N–H and O–H groups in total. The zero-order chi connectivity index (χ0) is 18.6. The van der Waals surface area contributed by atoms with E-state index in [9.17, 15) is 12.8 Å². The molecule has 3 rings (SSSR count). The van der Waals surface area contributed by atoms with Crippen LogP contribution in [0.2, 0.25) is 0 Å². The third-order valence-electron chi connectivity index (χ3n) is 3.81. The Hall–Kier alpha value is -2.93. The summed E-state index contributed by atoms with van der Waals surface area (Å²) in [4.78, 5) is 4.10. The number of hydrogen-bond acceptors (Lipinski definition) is 4. The first kappa shape index (κ1) is 17.9. The summed E-state index contributed by atoms with van der Waals surface area (Å²) in [7, 11) is -3.81. The molecule has 0 bridgehead atoms. The maximum absolute atomic E-state index is 12.9. The van der Waals surface area contributed by atoms with E-state index >= 15 is 0 Å². The summed E-state index contributed by atoms with van der Waals surface area (Å²) in [5.74, 6) is -0.308. The number of sulfonamides is 1. The van der Waals surface area contributed by atoms with Gasteiger partial charge in [0, 0.05) is 6.04 Å². The summed E-state index contributed by atoms with van der Waals surface area (Å²) in [6, 6.07) is 17.9. The van der Waals surface area contributed by atoms with Gasteiger partial charge in [0.15, 0.2) is 0 Å². The van der Waals surface area contributed by atoms with Gasteiger partial charge >= 0.3 is 0 Å². The second kappa shape index (κ2) is 7.53. The first-order valence-electron chi connectivity index (χ1n) is 8.00. The van der Waals surface area contributed by atoms with E-state index in [0.717, 1.165) is 23.4 Å². The average molecular weight is 371 g/mol. The molecule has 7 heteroatoms. The number of anilines is 2. The second-order valence-corrected chi connectivity index (χ2v) is 7.45. The van der Waals surface area contributed by atoms with Crippen LogP contribution in [0, 0.1) is 5.82 Å². The molecule has 0 amide bonds. The number of pyridine rings is 1.